The Bertz CT molecular complexity index is 701. The van der Waals surface area contributed by atoms with Crippen LogP contribution in [0.3, 0.4) is 0 Å². The Morgan fingerprint density at radius 1 is 1.12 bits per heavy atom. The van der Waals surface area contributed by atoms with E-state index in [9.17, 15) is 0 Å². The lowest BCUT2D eigenvalue weighted by molar-refractivity contribution is 0.322. The SMILES string of the molecule is CN=C(NCCCn1cccn1)NCc1ccc(OC)c(OC)c1OC. The minimum absolute atomic E-state index is 0.544. The van der Waals surface area contributed by atoms with E-state index in [1.165, 1.54) is 0 Å². The van der Waals surface area contributed by atoms with Crippen LogP contribution in [0.15, 0.2) is 35.6 Å². The second-order valence-corrected chi connectivity index (χ2v) is 5.47. The van der Waals surface area contributed by atoms with Crippen molar-refractivity contribution in [3.8, 4) is 17.2 Å². The quantitative estimate of drug-likeness (QED) is 0.402. The number of nitrogens with zero attached hydrogens (tertiary/aromatic N) is 3. The molecular formula is C18H27N5O3. The molecular weight excluding hydrogens is 334 g/mol. The first-order valence-corrected chi connectivity index (χ1v) is 8.43. The number of nitrogens with one attached hydrogen (secondary N) is 2. The fraction of sp³-hybridized carbons (Fsp3) is 0.444. The molecule has 0 aliphatic carbocycles. The molecule has 1 aromatic carbocycles. The number of hydrogen-bond acceptors (Lipinski definition) is 5. The third kappa shape index (κ3) is 5.05. The standard InChI is InChI=1S/C18H27N5O3/c1-19-18(20-9-5-11-23-12-6-10-22-23)21-13-14-7-8-15(24-2)17(26-4)16(14)25-3/h6-8,10,12H,5,9,11,13H2,1-4H3,(H2,19,20,21). The van der Waals surface area contributed by atoms with Gasteiger partial charge in [-0.3, -0.25) is 9.67 Å². The number of guanidine groups is 1. The summed E-state index contributed by atoms with van der Waals surface area (Å²) < 4.78 is 18.1. The molecule has 0 saturated heterocycles. The van der Waals surface area contributed by atoms with Crippen molar-refractivity contribution in [2.45, 2.75) is 19.5 Å². The summed E-state index contributed by atoms with van der Waals surface area (Å²) in [5, 5.41) is 10.8. The van der Waals surface area contributed by atoms with Gasteiger partial charge in [0.1, 0.15) is 0 Å². The second-order valence-electron chi connectivity index (χ2n) is 5.47. The maximum absolute atomic E-state index is 5.50. The van der Waals surface area contributed by atoms with Crippen molar-refractivity contribution in [1.82, 2.24) is 20.4 Å². The van der Waals surface area contributed by atoms with Gasteiger partial charge in [-0.2, -0.15) is 5.10 Å². The minimum atomic E-state index is 0.544. The first kappa shape index (κ1) is 19.4. The van der Waals surface area contributed by atoms with Crippen molar-refractivity contribution in [3.05, 3.63) is 36.2 Å². The fourth-order valence-corrected chi connectivity index (χ4v) is 2.58. The van der Waals surface area contributed by atoms with E-state index in [4.69, 9.17) is 14.2 Å². The number of aromatic nitrogens is 2. The highest BCUT2D eigenvalue weighted by molar-refractivity contribution is 5.79. The minimum Gasteiger partial charge on any atom is -0.493 e. The summed E-state index contributed by atoms with van der Waals surface area (Å²) in [5.41, 5.74) is 0.949. The van der Waals surface area contributed by atoms with Gasteiger partial charge in [0, 0.05) is 44.6 Å². The van der Waals surface area contributed by atoms with Crippen LogP contribution in [0.1, 0.15) is 12.0 Å². The smallest absolute Gasteiger partial charge is 0.203 e. The molecule has 0 atom stereocenters. The van der Waals surface area contributed by atoms with Crippen LogP contribution >= 0.6 is 0 Å². The number of ether oxygens (including phenoxy) is 3. The Hall–Kier alpha value is -2.90. The Morgan fingerprint density at radius 2 is 1.92 bits per heavy atom. The molecule has 0 saturated carbocycles. The lowest BCUT2D eigenvalue weighted by atomic mass is 10.1. The molecule has 0 aliphatic rings. The Labute approximate surface area is 154 Å². The molecule has 142 valence electrons. The van der Waals surface area contributed by atoms with Crippen molar-refractivity contribution >= 4 is 5.96 Å². The first-order valence-electron chi connectivity index (χ1n) is 8.43. The number of methoxy groups -OCH3 is 3. The lowest BCUT2D eigenvalue weighted by Gasteiger charge is -2.17. The third-order valence-corrected chi connectivity index (χ3v) is 3.87. The molecule has 26 heavy (non-hydrogen) atoms. The van der Waals surface area contributed by atoms with E-state index in [1.807, 2.05) is 29.1 Å². The van der Waals surface area contributed by atoms with Gasteiger partial charge in [0.25, 0.3) is 0 Å². The van der Waals surface area contributed by atoms with Crippen molar-refractivity contribution in [1.29, 1.82) is 0 Å². The van der Waals surface area contributed by atoms with Gasteiger partial charge in [0.05, 0.1) is 21.3 Å². The molecule has 8 heteroatoms. The zero-order chi connectivity index (χ0) is 18.8. The summed E-state index contributed by atoms with van der Waals surface area (Å²) in [5.74, 6) is 2.58. The Morgan fingerprint density at radius 3 is 2.54 bits per heavy atom. The summed E-state index contributed by atoms with van der Waals surface area (Å²) in [6.45, 7) is 2.20. The van der Waals surface area contributed by atoms with E-state index in [2.05, 4.69) is 20.7 Å². The van der Waals surface area contributed by atoms with Crippen LogP contribution in [0, 0.1) is 0 Å². The topological polar surface area (TPSA) is 81.9 Å². The average molecular weight is 361 g/mol. The van der Waals surface area contributed by atoms with Gasteiger partial charge in [-0.25, -0.2) is 0 Å². The van der Waals surface area contributed by atoms with E-state index >= 15 is 0 Å². The van der Waals surface area contributed by atoms with Gasteiger partial charge >= 0.3 is 0 Å². The maximum Gasteiger partial charge on any atom is 0.203 e. The molecule has 0 spiro atoms. The third-order valence-electron chi connectivity index (χ3n) is 3.87. The van der Waals surface area contributed by atoms with E-state index in [0.29, 0.717) is 23.8 Å². The van der Waals surface area contributed by atoms with Crippen molar-refractivity contribution in [3.63, 3.8) is 0 Å². The van der Waals surface area contributed by atoms with E-state index in [0.717, 1.165) is 31.0 Å². The van der Waals surface area contributed by atoms with Crippen LogP contribution in [0.4, 0.5) is 0 Å². The molecule has 8 nitrogen and oxygen atoms in total. The average Bonchev–Trinajstić information content (AvgIpc) is 3.19. The number of hydrogen-bond donors (Lipinski definition) is 2. The molecule has 2 rings (SSSR count). The lowest BCUT2D eigenvalue weighted by Crippen LogP contribution is -2.37. The van der Waals surface area contributed by atoms with Crippen LogP contribution in [-0.2, 0) is 13.1 Å². The molecule has 0 radical (unpaired) electrons. The van der Waals surface area contributed by atoms with E-state index < -0.39 is 0 Å². The molecule has 2 N–H and O–H groups in total. The molecule has 0 aliphatic heterocycles. The highest BCUT2D eigenvalue weighted by Gasteiger charge is 2.15. The highest BCUT2D eigenvalue weighted by Crippen LogP contribution is 2.39. The van der Waals surface area contributed by atoms with Gasteiger partial charge in [0.15, 0.2) is 17.5 Å². The maximum atomic E-state index is 5.50. The molecule has 0 bridgehead atoms. The highest BCUT2D eigenvalue weighted by atomic mass is 16.5. The first-order chi connectivity index (χ1) is 12.7. The van der Waals surface area contributed by atoms with Crippen LogP contribution in [0.2, 0.25) is 0 Å². The second kappa shape index (κ2) is 10.2. The van der Waals surface area contributed by atoms with Crippen molar-refractivity contribution in [2.75, 3.05) is 34.9 Å². The summed E-state index contributed by atoms with van der Waals surface area (Å²) in [7, 11) is 6.56. The van der Waals surface area contributed by atoms with Crippen LogP contribution in [0.5, 0.6) is 17.2 Å². The Kier molecular flexibility index (Phi) is 7.60. The summed E-state index contributed by atoms with van der Waals surface area (Å²) in [6, 6.07) is 5.72. The predicted molar refractivity (Wildman–Crippen MR) is 101 cm³/mol. The molecule has 1 aromatic heterocycles. The zero-order valence-corrected chi connectivity index (χ0v) is 15.8. The largest absolute Gasteiger partial charge is 0.493 e. The summed E-state index contributed by atoms with van der Waals surface area (Å²) >= 11 is 0. The van der Waals surface area contributed by atoms with Gasteiger partial charge < -0.3 is 24.8 Å². The number of rotatable bonds is 9. The summed E-state index contributed by atoms with van der Waals surface area (Å²) in [6.07, 6.45) is 4.68. The molecule has 0 fully saturated rings. The van der Waals surface area contributed by atoms with Crippen LogP contribution in [-0.4, -0.2) is 50.7 Å². The van der Waals surface area contributed by atoms with Gasteiger partial charge in [-0.1, -0.05) is 0 Å². The van der Waals surface area contributed by atoms with Crippen molar-refractivity contribution in [2.24, 2.45) is 4.99 Å². The number of benzene rings is 1. The summed E-state index contributed by atoms with van der Waals surface area (Å²) in [4.78, 5) is 4.24. The van der Waals surface area contributed by atoms with Gasteiger partial charge in [-0.15, -0.1) is 0 Å². The predicted octanol–water partition coefficient (Wildman–Crippen LogP) is 1.66. The van der Waals surface area contributed by atoms with Gasteiger partial charge in [-0.05, 0) is 24.6 Å². The fourth-order valence-electron chi connectivity index (χ4n) is 2.58. The molecule has 1 heterocycles. The van der Waals surface area contributed by atoms with E-state index in [-0.39, 0.29) is 0 Å². The Balaban J connectivity index is 1.89. The number of aliphatic imine (C=N–C) groups is 1. The van der Waals surface area contributed by atoms with E-state index in [1.54, 1.807) is 34.6 Å². The zero-order valence-electron chi connectivity index (χ0n) is 15.8. The number of aryl methyl sites for hydroxylation is 1. The van der Waals surface area contributed by atoms with Gasteiger partial charge in [0.2, 0.25) is 5.75 Å². The molecule has 2 aromatic rings. The van der Waals surface area contributed by atoms with Crippen LogP contribution in [0.25, 0.3) is 0 Å². The van der Waals surface area contributed by atoms with Crippen molar-refractivity contribution < 1.29 is 14.2 Å². The van der Waals surface area contributed by atoms with Crippen LogP contribution < -0.4 is 24.8 Å². The molecule has 0 unspecified atom stereocenters. The monoisotopic (exact) mass is 361 g/mol. The normalized spacial score (nSPS) is 11.2. The molecule has 0 amide bonds.